The first-order chi connectivity index (χ1) is 23.5. The minimum Gasteiger partial charge on any atom is -0.461 e. The van der Waals surface area contributed by atoms with Gasteiger partial charge in [0, 0.05) is 68.1 Å². The predicted octanol–water partition coefficient (Wildman–Crippen LogP) is 5.25. The van der Waals surface area contributed by atoms with Crippen LogP contribution in [-0.4, -0.2) is 94.1 Å². The molecule has 10 nitrogen and oxygen atoms in total. The van der Waals surface area contributed by atoms with Gasteiger partial charge in [0.15, 0.2) is 0 Å². The highest BCUT2D eigenvalue weighted by molar-refractivity contribution is 6.36. The molecule has 2 aromatic carbocycles. The zero-order chi connectivity index (χ0) is 32.7. The fraction of sp³-hybridized carbons (Fsp3) is 0.432. The summed E-state index contributed by atoms with van der Waals surface area (Å²) in [5, 5.41) is 2.97. The number of rotatable bonds is 9. The van der Waals surface area contributed by atoms with E-state index in [4.69, 9.17) is 26.3 Å². The van der Waals surface area contributed by atoms with Crippen molar-refractivity contribution in [1.82, 2.24) is 29.7 Å². The van der Waals surface area contributed by atoms with Crippen LogP contribution in [0.5, 0.6) is 6.01 Å². The lowest BCUT2D eigenvalue weighted by atomic mass is 9.95. The van der Waals surface area contributed by atoms with Gasteiger partial charge >= 0.3 is 6.01 Å². The highest BCUT2D eigenvalue weighted by Crippen LogP contribution is 2.40. The number of likely N-dealkylation sites (tertiary alicyclic amines) is 1. The van der Waals surface area contributed by atoms with Gasteiger partial charge in [0.1, 0.15) is 18.8 Å². The molecule has 0 N–H and O–H groups in total. The number of aromatic nitrogens is 4. The summed E-state index contributed by atoms with van der Waals surface area (Å²) >= 11 is 6.75. The van der Waals surface area contributed by atoms with E-state index in [2.05, 4.69) is 56.0 Å². The molecule has 0 aliphatic carbocycles. The standard InChI is InChI=1S/C37H41ClN8O2/c1-43(20-26-21-45(22-26)33(47)11-10-28-12-16-39-25-40-28)35-29-13-19-44(32-9-3-7-27-6-2-8-30(38)34(27)32)23-31(29)41-36(42-35)48-24-37-14-4-17-46(37)18-5-15-37/h2-3,6-12,16,25-26H,4-5,13-15,17-24H2,1H3/b11-10+. The minimum absolute atomic E-state index is 0.00323. The van der Waals surface area contributed by atoms with Gasteiger partial charge in [0.2, 0.25) is 5.91 Å². The van der Waals surface area contributed by atoms with Crippen LogP contribution in [0.25, 0.3) is 16.8 Å². The highest BCUT2D eigenvalue weighted by Gasteiger charge is 2.45. The molecule has 4 aliphatic rings. The molecule has 48 heavy (non-hydrogen) atoms. The lowest BCUT2D eigenvalue weighted by Gasteiger charge is -2.41. The van der Waals surface area contributed by atoms with Crippen molar-refractivity contribution in [3.63, 3.8) is 0 Å². The maximum atomic E-state index is 12.8. The Labute approximate surface area is 286 Å². The van der Waals surface area contributed by atoms with Crippen LogP contribution in [0.15, 0.2) is 61.1 Å². The molecule has 248 valence electrons. The molecule has 0 radical (unpaired) electrons. The molecule has 4 aromatic rings. The lowest BCUT2D eigenvalue weighted by Crippen LogP contribution is -2.53. The molecule has 0 atom stereocenters. The highest BCUT2D eigenvalue weighted by atomic mass is 35.5. The van der Waals surface area contributed by atoms with Crippen LogP contribution in [-0.2, 0) is 17.8 Å². The molecule has 6 heterocycles. The van der Waals surface area contributed by atoms with Gasteiger partial charge in [-0.1, -0.05) is 35.9 Å². The molecule has 0 saturated carbocycles. The number of carbonyl (C=O) groups excluding carboxylic acids is 1. The van der Waals surface area contributed by atoms with Crippen molar-refractivity contribution >= 4 is 45.9 Å². The predicted molar refractivity (Wildman–Crippen MR) is 188 cm³/mol. The summed E-state index contributed by atoms with van der Waals surface area (Å²) < 4.78 is 6.54. The lowest BCUT2D eigenvalue weighted by molar-refractivity contribution is -0.131. The van der Waals surface area contributed by atoms with Crippen molar-refractivity contribution in [2.45, 2.75) is 44.2 Å². The van der Waals surface area contributed by atoms with Gasteiger partial charge in [0.25, 0.3) is 0 Å². The number of fused-ring (bicyclic) bond motifs is 3. The van der Waals surface area contributed by atoms with Gasteiger partial charge in [-0.05, 0) is 74.9 Å². The Morgan fingerprint density at radius 1 is 1.08 bits per heavy atom. The minimum atomic E-state index is 0.00323. The Hall–Kier alpha value is -4.28. The van der Waals surface area contributed by atoms with E-state index < -0.39 is 0 Å². The van der Waals surface area contributed by atoms with E-state index >= 15 is 0 Å². The Balaban J connectivity index is 1.02. The summed E-state index contributed by atoms with van der Waals surface area (Å²) in [5.41, 5.74) is 4.13. The number of hydrogen-bond acceptors (Lipinski definition) is 9. The zero-order valence-electron chi connectivity index (χ0n) is 27.4. The third-order valence-corrected chi connectivity index (χ3v) is 11.0. The molecule has 1 amide bonds. The summed E-state index contributed by atoms with van der Waals surface area (Å²) in [5.74, 6) is 1.29. The van der Waals surface area contributed by atoms with E-state index in [0.29, 0.717) is 38.2 Å². The number of amides is 1. The van der Waals surface area contributed by atoms with Crippen molar-refractivity contribution < 1.29 is 9.53 Å². The Morgan fingerprint density at radius 2 is 1.90 bits per heavy atom. The molecule has 3 fully saturated rings. The molecule has 11 heteroatoms. The quantitative estimate of drug-likeness (QED) is 0.223. The number of hydrogen-bond donors (Lipinski definition) is 0. The third-order valence-electron chi connectivity index (χ3n) is 10.6. The number of ether oxygens (including phenoxy) is 1. The largest absolute Gasteiger partial charge is 0.461 e. The topological polar surface area (TPSA) is 90.8 Å². The number of carbonyl (C=O) groups is 1. The molecule has 2 aromatic heterocycles. The van der Waals surface area contributed by atoms with Crippen molar-refractivity contribution in [3.8, 4) is 6.01 Å². The average molecular weight is 665 g/mol. The van der Waals surface area contributed by atoms with Crippen LogP contribution in [0.4, 0.5) is 11.5 Å². The summed E-state index contributed by atoms with van der Waals surface area (Å²) in [4.78, 5) is 40.1. The smallest absolute Gasteiger partial charge is 0.318 e. The second-order valence-corrected chi connectivity index (χ2v) is 14.1. The first-order valence-corrected chi connectivity index (χ1v) is 17.5. The monoisotopic (exact) mass is 664 g/mol. The fourth-order valence-corrected chi connectivity index (χ4v) is 8.45. The van der Waals surface area contributed by atoms with Crippen LogP contribution < -0.4 is 14.5 Å². The summed E-state index contributed by atoms with van der Waals surface area (Å²) in [6, 6.07) is 14.7. The molecule has 8 rings (SSSR count). The Bertz CT molecular complexity index is 1830. The SMILES string of the molecule is CN(CC1CN(C(=O)/C=C/c2ccncn2)C1)c1nc(OCC23CCCN2CCC3)nc2c1CCN(c1cccc3cccc(Cl)c13)C2. The third kappa shape index (κ3) is 5.96. The summed E-state index contributed by atoms with van der Waals surface area (Å²) in [7, 11) is 2.11. The van der Waals surface area contributed by atoms with Gasteiger partial charge in [-0.25, -0.2) is 9.97 Å². The number of halogens is 1. The molecule has 4 aliphatic heterocycles. The maximum Gasteiger partial charge on any atom is 0.318 e. The molecular formula is C37H41ClN8O2. The first-order valence-electron chi connectivity index (χ1n) is 17.1. The van der Waals surface area contributed by atoms with Crippen LogP contribution in [0.1, 0.15) is 42.6 Å². The van der Waals surface area contributed by atoms with Crippen molar-refractivity contribution in [3.05, 3.63) is 83.0 Å². The van der Waals surface area contributed by atoms with E-state index in [1.807, 2.05) is 17.0 Å². The van der Waals surface area contributed by atoms with Crippen LogP contribution >= 0.6 is 11.6 Å². The first kappa shape index (κ1) is 31.0. The van der Waals surface area contributed by atoms with Gasteiger partial charge in [-0.3, -0.25) is 9.69 Å². The molecule has 0 spiro atoms. The number of benzene rings is 2. The van der Waals surface area contributed by atoms with E-state index in [0.717, 1.165) is 71.3 Å². The second kappa shape index (κ2) is 13.0. The Kier molecular flexibility index (Phi) is 8.38. The number of nitrogens with zero attached hydrogens (tertiary/aromatic N) is 8. The Morgan fingerprint density at radius 3 is 2.69 bits per heavy atom. The summed E-state index contributed by atoms with van der Waals surface area (Å²) in [6.07, 6.45) is 12.1. The zero-order valence-corrected chi connectivity index (χ0v) is 28.1. The summed E-state index contributed by atoms with van der Waals surface area (Å²) in [6.45, 7) is 6.64. The van der Waals surface area contributed by atoms with Gasteiger partial charge in [-0.15, -0.1) is 0 Å². The fourth-order valence-electron chi connectivity index (χ4n) is 8.17. The van der Waals surface area contributed by atoms with Gasteiger partial charge in [-0.2, -0.15) is 9.97 Å². The van der Waals surface area contributed by atoms with Gasteiger partial charge < -0.3 is 19.4 Å². The van der Waals surface area contributed by atoms with Gasteiger partial charge in [0.05, 0.1) is 28.5 Å². The van der Waals surface area contributed by atoms with Crippen LogP contribution in [0, 0.1) is 5.92 Å². The molecule has 0 bridgehead atoms. The normalized spacial score (nSPS) is 19.0. The van der Waals surface area contributed by atoms with Crippen molar-refractivity contribution in [2.75, 3.05) is 62.7 Å². The van der Waals surface area contributed by atoms with Crippen molar-refractivity contribution in [2.24, 2.45) is 5.92 Å². The molecule has 0 unspecified atom stereocenters. The molecule has 3 saturated heterocycles. The van der Waals surface area contributed by atoms with E-state index in [-0.39, 0.29) is 11.4 Å². The van der Waals surface area contributed by atoms with Crippen molar-refractivity contribution in [1.29, 1.82) is 0 Å². The maximum absolute atomic E-state index is 12.8. The number of anilines is 2. The van der Waals surface area contributed by atoms with E-state index in [9.17, 15) is 4.79 Å². The van der Waals surface area contributed by atoms with Crippen LogP contribution in [0.3, 0.4) is 0 Å². The second-order valence-electron chi connectivity index (χ2n) is 13.7. The van der Waals surface area contributed by atoms with E-state index in [1.165, 1.54) is 37.6 Å². The molecular weight excluding hydrogens is 624 g/mol. The van der Waals surface area contributed by atoms with E-state index in [1.54, 1.807) is 24.4 Å². The average Bonchev–Trinajstić information content (AvgIpc) is 3.68. The van der Waals surface area contributed by atoms with Crippen LogP contribution in [0.2, 0.25) is 5.02 Å².